The summed E-state index contributed by atoms with van der Waals surface area (Å²) in [6.45, 7) is 7.07. The van der Waals surface area contributed by atoms with E-state index in [1.165, 1.54) is 19.4 Å². The van der Waals surface area contributed by atoms with Crippen molar-refractivity contribution < 1.29 is 9.47 Å². The van der Waals surface area contributed by atoms with Crippen LogP contribution in [-0.4, -0.2) is 42.5 Å². The summed E-state index contributed by atoms with van der Waals surface area (Å²) in [6, 6.07) is 2.72. The summed E-state index contributed by atoms with van der Waals surface area (Å²) >= 11 is 0. The molecule has 0 bridgehead atoms. The normalized spacial score (nSPS) is 38.4. The molecule has 96 valence electrons. The van der Waals surface area contributed by atoms with E-state index in [9.17, 15) is 0 Å². The lowest BCUT2D eigenvalue weighted by molar-refractivity contribution is -0.165. The number of hydrogen-bond donors (Lipinski definition) is 0. The van der Waals surface area contributed by atoms with Gasteiger partial charge in [-0.3, -0.25) is 0 Å². The molecule has 2 fully saturated rings. The highest BCUT2D eigenvalue weighted by Crippen LogP contribution is 2.33. The molecule has 0 aromatic carbocycles. The van der Waals surface area contributed by atoms with E-state index in [2.05, 4.69) is 17.9 Å². The Hall–Kier alpha value is -0.630. The van der Waals surface area contributed by atoms with Crippen molar-refractivity contribution in [3.8, 4) is 6.07 Å². The fraction of sp³-hybridized carbons (Fsp3) is 0.923. The van der Waals surface area contributed by atoms with Gasteiger partial charge in [-0.2, -0.15) is 5.26 Å². The molecule has 2 rings (SSSR count). The van der Waals surface area contributed by atoms with Crippen LogP contribution in [0.2, 0.25) is 0 Å². The van der Waals surface area contributed by atoms with E-state index in [-0.39, 0.29) is 6.10 Å². The van der Waals surface area contributed by atoms with Crippen LogP contribution < -0.4 is 0 Å². The Morgan fingerprint density at radius 3 is 3.06 bits per heavy atom. The molecule has 0 aromatic rings. The first-order valence-corrected chi connectivity index (χ1v) is 6.59. The molecule has 0 aliphatic carbocycles. The second-order valence-corrected chi connectivity index (χ2v) is 5.18. The summed E-state index contributed by atoms with van der Waals surface area (Å²) in [5, 5.41) is 8.67. The Morgan fingerprint density at radius 2 is 2.35 bits per heavy atom. The van der Waals surface area contributed by atoms with Crippen LogP contribution in [0.4, 0.5) is 0 Å². The van der Waals surface area contributed by atoms with E-state index in [1.807, 2.05) is 6.92 Å². The molecule has 0 N–H and O–H groups in total. The highest BCUT2D eigenvalue weighted by molar-refractivity contribution is 4.88. The molecule has 0 saturated carbocycles. The van der Waals surface area contributed by atoms with Gasteiger partial charge in [0.05, 0.1) is 25.2 Å². The fourth-order valence-corrected chi connectivity index (χ4v) is 2.97. The van der Waals surface area contributed by atoms with Crippen molar-refractivity contribution in [1.82, 2.24) is 4.90 Å². The second kappa shape index (κ2) is 5.34. The maximum atomic E-state index is 8.67. The number of nitrogens with zero attached hydrogens (tertiary/aromatic N) is 2. The Kier molecular flexibility index (Phi) is 4.03. The van der Waals surface area contributed by atoms with Gasteiger partial charge in [0, 0.05) is 12.5 Å². The zero-order valence-electron chi connectivity index (χ0n) is 10.8. The van der Waals surface area contributed by atoms with E-state index in [4.69, 9.17) is 14.7 Å². The Bertz CT molecular complexity index is 302. The second-order valence-electron chi connectivity index (χ2n) is 5.18. The minimum atomic E-state index is -0.482. The van der Waals surface area contributed by atoms with Gasteiger partial charge in [0.15, 0.2) is 5.79 Å². The van der Waals surface area contributed by atoms with Gasteiger partial charge in [-0.05, 0) is 32.9 Å². The monoisotopic (exact) mass is 238 g/mol. The van der Waals surface area contributed by atoms with Crippen molar-refractivity contribution >= 4 is 0 Å². The average molecular weight is 238 g/mol. The summed E-state index contributed by atoms with van der Waals surface area (Å²) in [5.74, 6) is -0.482. The molecule has 2 aliphatic rings. The third-order valence-electron chi connectivity index (χ3n) is 3.82. The van der Waals surface area contributed by atoms with Crippen molar-refractivity contribution in [2.45, 2.75) is 57.5 Å². The summed E-state index contributed by atoms with van der Waals surface area (Å²) in [7, 11) is 0. The van der Waals surface area contributed by atoms with Gasteiger partial charge in [-0.15, -0.1) is 0 Å². The lowest BCUT2D eigenvalue weighted by Gasteiger charge is -2.31. The smallest absolute Gasteiger partial charge is 0.167 e. The van der Waals surface area contributed by atoms with Crippen molar-refractivity contribution in [3.05, 3.63) is 0 Å². The van der Waals surface area contributed by atoms with Gasteiger partial charge >= 0.3 is 0 Å². The molecule has 0 amide bonds. The van der Waals surface area contributed by atoms with Gasteiger partial charge in [-0.25, -0.2) is 0 Å². The van der Waals surface area contributed by atoms with Crippen LogP contribution in [0.5, 0.6) is 0 Å². The lowest BCUT2D eigenvalue weighted by atomic mass is 10.1. The third-order valence-corrected chi connectivity index (χ3v) is 3.82. The number of ether oxygens (including phenoxy) is 2. The fourth-order valence-electron chi connectivity index (χ4n) is 2.97. The Morgan fingerprint density at radius 1 is 1.53 bits per heavy atom. The zero-order valence-corrected chi connectivity index (χ0v) is 10.8. The number of nitriles is 1. The summed E-state index contributed by atoms with van der Waals surface area (Å²) in [6.07, 6.45) is 3.82. The van der Waals surface area contributed by atoms with Crippen LogP contribution >= 0.6 is 0 Å². The molecule has 4 nitrogen and oxygen atoms in total. The van der Waals surface area contributed by atoms with Crippen LogP contribution in [0.3, 0.4) is 0 Å². The van der Waals surface area contributed by atoms with E-state index < -0.39 is 5.79 Å². The van der Waals surface area contributed by atoms with Crippen LogP contribution in [0.1, 0.15) is 39.5 Å². The standard InChI is InChI=1S/C13H22N2O2/c1-3-15-8-4-5-11(15)9-13(2)16-10-12(17-13)6-7-14/h11-12H,3-6,8-10H2,1-2H3. The molecule has 17 heavy (non-hydrogen) atoms. The van der Waals surface area contributed by atoms with Gasteiger partial charge in [0.25, 0.3) is 0 Å². The summed E-state index contributed by atoms with van der Waals surface area (Å²) in [5.41, 5.74) is 0. The highest BCUT2D eigenvalue weighted by atomic mass is 16.7. The molecular weight excluding hydrogens is 216 g/mol. The van der Waals surface area contributed by atoms with Crippen molar-refractivity contribution in [1.29, 1.82) is 5.26 Å². The highest BCUT2D eigenvalue weighted by Gasteiger charge is 2.40. The van der Waals surface area contributed by atoms with Crippen molar-refractivity contribution in [2.75, 3.05) is 19.7 Å². The SMILES string of the molecule is CCN1CCCC1CC1(C)OCC(CC#N)O1. The Labute approximate surface area is 103 Å². The first-order chi connectivity index (χ1) is 8.17. The van der Waals surface area contributed by atoms with E-state index in [0.717, 1.165) is 13.0 Å². The molecule has 0 aromatic heterocycles. The predicted octanol–water partition coefficient (Wildman–Crippen LogP) is 1.91. The maximum Gasteiger partial charge on any atom is 0.167 e. The van der Waals surface area contributed by atoms with Gasteiger partial charge in [0.1, 0.15) is 0 Å². The van der Waals surface area contributed by atoms with Crippen LogP contribution in [0.25, 0.3) is 0 Å². The van der Waals surface area contributed by atoms with Gasteiger partial charge < -0.3 is 14.4 Å². The van der Waals surface area contributed by atoms with Crippen molar-refractivity contribution in [2.24, 2.45) is 0 Å². The van der Waals surface area contributed by atoms with Gasteiger partial charge in [0.2, 0.25) is 0 Å². The molecule has 2 aliphatic heterocycles. The maximum absolute atomic E-state index is 8.67. The molecular formula is C13H22N2O2. The van der Waals surface area contributed by atoms with E-state index >= 15 is 0 Å². The van der Waals surface area contributed by atoms with E-state index in [0.29, 0.717) is 19.1 Å². The minimum Gasteiger partial charge on any atom is -0.347 e. The van der Waals surface area contributed by atoms with E-state index in [1.54, 1.807) is 0 Å². The zero-order chi connectivity index (χ0) is 12.3. The summed E-state index contributed by atoms with van der Waals surface area (Å²) < 4.78 is 11.6. The molecule has 2 saturated heterocycles. The average Bonchev–Trinajstić information content (AvgIpc) is 2.87. The molecule has 0 radical (unpaired) electrons. The molecule has 2 heterocycles. The predicted molar refractivity (Wildman–Crippen MR) is 64.3 cm³/mol. The topological polar surface area (TPSA) is 45.5 Å². The quantitative estimate of drug-likeness (QED) is 0.750. The molecule has 0 spiro atoms. The molecule has 3 atom stereocenters. The van der Waals surface area contributed by atoms with Crippen LogP contribution in [-0.2, 0) is 9.47 Å². The van der Waals surface area contributed by atoms with Crippen LogP contribution in [0.15, 0.2) is 0 Å². The molecule has 4 heteroatoms. The number of likely N-dealkylation sites (tertiary alicyclic amines) is 1. The first kappa shape index (κ1) is 12.8. The lowest BCUT2D eigenvalue weighted by Crippen LogP contribution is -2.38. The molecule has 3 unspecified atom stereocenters. The third kappa shape index (κ3) is 2.98. The van der Waals surface area contributed by atoms with Crippen molar-refractivity contribution in [3.63, 3.8) is 0 Å². The van der Waals surface area contributed by atoms with Gasteiger partial charge in [-0.1, -0.05) is 6.92 Å². The van der Waals surface area contributed by atoms with Crippen LogP contribution in [0, 0.1) is 11.3 Å². The Balaban J connectivity index is 1.88. The summed E-state index contributed by atoms with van der Waals surface area (Å²) in [4.78, 5) is 2.50. The number of rotatable bonds is 4. The minimum absolute atomic E-state index is 0.0403. The first-order valence-electron chi connectivity index (χ1n) is 6.59. The largest absolute Gasteiger partial charge is 0.347 e. The number of hydrogen-bond acceptors (Lipinski definition) is 4.